The van der Waals surface area contributed by atoms with E-state index in [2.05, 4.69) is 41.5 Å². The van der Waals surface area contributed by atoms with Crippen molar-refractivity contribution in [3.8, 4) is 0 Å². The molecular formula is C65H126O17P2. The molecule has 0 fully saturated rings. The van der Waals surface area contributed by atoms with E-state index in [4.69, 9.17) is 37.0 Å². The van der Waals surface area contributed by atoms with Gasteiger partial charge in [0.25, 0.3) is 0 Å². The Bertz CT molecular complexity index is 1650. The van der Waals surface area contributed by atoms with Gasteiger partial charge in [0.2, 0.25) is 0 Å². The summed E-state index contributed by atoms with van der Waals surface area (Å²) in [6.45, 7) is 9.37. The molecule has 0 heterocycles. The van der Waals surface area contributed by atoms with Crippen molar-refractivity contribution in [1.29, 1.82) is 0 Å². The predicted molar refractivity (Wildman–Crippen MR) is 335 cm³/mol. The fourth-order valence-corrected chi connectivity index (χ4v) is 11.3. The molecule has 0 aliphatic heterocycles. The third kappa shape index (κ3) is 59.0. The molecule has 2 unspecified atom stereocenters. The summed E-state index contributed by atoms with van der Waals surface area (Å²) >= 11 is 0. The number of aliphatic hydroxyl groups is 1. The molecule has 19 heteroatoms. The van der Waals surface area contributed by atoms with Crippen LogP contribution in [0.2, 0.25) is 0 Å². The molecule has 498 valence electrons. The highest BCUT2D eigenvalue weighted by molar-refractivity contribution is 7.47. The van der Waals surface area contributed by atoms with Crippen molar-refractivity contribution in [3.05, 3.63) is 0 Å². The fourth-order valence-electron chi connectivity index (χ4n) is 9.71. The number of ether oxygens (including phenoxy) is 4. The number of aliphatic hydroxyl groups excluding tert-OH is 1. The summed E-state index contributed by atoms with van der Waals surface area (Å²) in [4.78, 5) is 71.8. The van der Waals surface area contributed by atoms with Crippen molar-refractivity contribution in [2.45, 2.75) is 342 Å². The third-order valence-electron chi connectivity index (χ3n) is 15.0. The van der Waals surface area contributed by atoms with E-state index in [-0.39, 0.29) is 25.7 Å². The summed E-state index contributed by atoms with van der Waals surface area (Å²) in [5.74, 6) is -0.603. The van der Waals surface area contributed by atoms with Crippen LogP contribution >= 0.6 is 15.6 Å². The zero-order valence-electron chi connectivity index (χ0n) is 54.2. The monoisotopic (exact) mass is 1240 g/mol. The highest BCUT2D eigenvalue weighted by atomic mass is 31.2. The lowest BCUT2D eigenvalue weighted by atomic mass is 10.0. The zero-order valence-corrected chi connectivity index (χ0v) is 56.0. The highest BCUT2D eigenvalue weighted by Gasteiger charge is 2.30. The Balaban J connectivity index is 5.06. The lowest BCUT2D eigenvalue weighted by molar-refractivity contribution is -0.161. The van der Waals surface area contributed by atoms with Crippen LogP contribution in [0.3, 0.4) is 0 Å². The average Bonchev–Trinajstić information content (AvgIpc) is 3.47. The zero-order chi connectivity index (χ0) is 62.2. The SMILES string of the molecule is CCCCCCCCCC(=O)O[C@H](COC(=O)CCCCCCC)COP(=O)(O)OC[C@H](O)COP(=O)(O)OC[C@@H](COC(=O)CCCCCCCCCCC(C)C)OC(=O)CCCCCCCCCCCCCCCCCCCCC(C)C. The van der Waals surface area contributed by atoms with Gasteiger partial charge in [-0.15, -0.1) is 0 Å². The number of carbonyl (C=O) groups is 4. The molecule has 5 atom stereocenters. The first-order valence-corrected chi connectivity index (χ1v) is 37.0. The summed E-state index contributed by atoms with van der Waals surface area (Å²) in [5.41, 5.74) is 0. The van der Waals surface area contributed by atoms with E-state index in [1.807, 2.05) is 0 Å². The molecule has 0 aromatic rings. The second-order valence-corrected chi connectivity index (χ2v) is 27.4. The van der Waals surface area contributed by atoms with Crippen molar-refractivity contribution in [2.75, 3.05) is 39.6 Å². The van der Waals surface area contributed by atoms with Gasteiger partial charge in [-0.05, 0) is 37.5 Å². The molecule has 0 aromatic carbocycles. The van der Waals surface area contributed by atoms with Crippen LogP contribution in [0, 0.1) is 11.8 Å². The maximum Gasteiger partial charge on any atom is 0.472 e. The molecule has 84 heavy (non-hydrogen) atoms. The highest BCUT2D eigenvalue weighted by Crippen LogP contribution is 2.45. The minimum Gasteiger partial charge on any atom is -0.462 e. The molecule has 0 bridgehead atoms. The summed E-state index contributed by atoms with van der Waals surface area (Å²) < 4.78 is 67.7. The molecule has 0 amide bonds. The van der Waals surface area contributed by atoms with Gasteiger partial charge >= 0.3 is 39.5 Å². The van der Waals surface area contributed by atoms with E-state index < -0.39 is 97.5 Å². The maximum absolute atomic E-state index is 13.0. The van der Waals surface area contributed by atoms with Crippen LogP contribution in [0.4, 0.5) is 0 Å². The Morgan fingerprint density at radius 1 is 0.321 bits per heavy atom. The van der Waals surface area contributed by atoms with E-state index in [1.165, 1.54) is 122 Å². The van der Waals surface area contributed by atoms with Gasteiger partial charge in [-0.25, -0.2) is 9.13 Å². The molecule has 0 spiro atoms. The average molecular weight is 1240 g/mol. The number of unbranched alkanes of at least 4 members (excludes halogenated alkanes) is 34. The minimum absolute atomic E-state index is 0.103. The largest absolute Gasteiger partial charge is 0.472 e. The standard InChI is InChI=1S/C65H126O17P2/c1-7-9-11-13-28-37-43-49-64(69)81-60(53-75-62(67)47-41-33-12-10-8-2)55-79-83(71,72)77-51-59(66)52-78-84(73,74)80-56-61(54-76-63(68)48-42-36-31-27-26-30-35-40-46-58(5)6)82-65(70)50-44-38-32-25-23-21-19-17-15-14-16-18-20-22-24-29-34-39-45-57(3)4/h57-61,66H,7-56H2,1-6H3,(H,71,72)(H,73,74)/t59-,60+,61+/m0/s1. The first-order valence-electron chi connectivity index (χ1n) is 34.0. The quantitative estimate of drug-likeness (QED) is 0.0222. The van der Waals surface area contributed by atoms with E-state index in [1.54, 1.807) is 0 Å². The Morgan fingerprint density at radius 3 is 0.810 bits per heavy atom. The maximum atomic E-state index is 13.0. The van der Waals surface area contributed by atoms with Gasteiger partial charge in [-0.2, -0.15) is 0 Å². The van der Waals surface area contributed by atoms with Gasteiger partial charge in [0, 0.05) is 25.7 Å². The van der Waals surface area contributed by atoms with Crippen molar-refractivity contribution < 1.29 is 80.2 Å². The van der Waals surface area contributed by atoms with Crippen LogP contribution in [0.1, 0.15) is 324 Å². The number of phosphoric ester groups is 2. The number of hydrogen-bond donors (Lipinski definition) is 3. The van der Waals surface area contributed by atoms with Crippen molar-refractivity contribution in [1.82, 2.24) is 0 Å². The topological polar surface area (TPSA) is 237 Å². The van der Waals surface area contributed by atoms with Gasteiger partial charge in [0.05, 0.1) is 26.4 Å². The molecule has 0 saturated carbocycles. The van der Waals surface area contributed by atoms with Crippen LogP contribution in [-0.2, 0) is 65.4 Å². The summed E-state index contributed by atoms with van der Waals surface area (Å²) in [7, 11) is -9.87. The van der Waals surface area contributed by atoms with Crippen molar-refractivity contribution in [3.63, 3.8) is 0 Å². The third-order valence-corrected chi connectivity index (χ3v) is 16.9. The molecule has 0 aromatic heterocycles. The van der Waals surface area contributed by atoms with Gasteiger partial charge in [0.15, 0.2) is 12.2 Å². The predicted octanol–water partition coefficient (Wildman–Crippen LogP) is 18.0. The number of carbonyl (C=O) groups excluding carboxylic acids is 4. The Labute approximate surface area is 511 Å². The number of rotatable bonds is 64. The number of hydrogen-bond acceptors (Lipinski definition) is 15. The van der Waals surface area contributed by atoms with Crippen LogP contribution in [-0.4, -0.2) is 96.7 Å². The number of phosphoric acid groups is 2. The summed E-state index contributed by atoms with van der Waals surface area (Å²) in [6, 6.07) is 0. The molecule has 0 radical (unpaired) electrons. The molecule has 0 saturated heterocycles. The lowest BCUT2D eigenvalue weighted by Crippen LogP contribution is -2.30. The first-order chi connectivity index (χ1) is 40.4. The summed E-state index contributed by atoms with van der Waals surface area (Å²) in [5, 5.41) is 10.5. The van der Waals surface area contributed by atoms with Crippen LogP contribution in [0.5, 0.6) is 0 Å². The second kappa shape index (κ2) is 57.5. The van der Waals surface area contributed by atoms with Crippen LogP contribution in [0.25, 0.3) is 0 Å². The normalized spacial score (nSPS) is 14.3. The van der Waals surface area contributed by atoms with E-state index in [0.717, 1.165) is 121 Å². The molecule has 3 N–H and O–H groups in total. The number of esters is 4. The van der Waals surface area contributed by atoms with Crippen molar-refractivity contribution >= 4 is 39.5 Å². The van der Waals surface area contributed by atoms with E-state index in [0.29, 0.717) is 25.7 Å². The van der Waals surface area contributed by atoms with Crippen LogP contribution < -0.4 is 0 Å². The molecule has 17 nitrogen and oxygen atoms in total. The lowest BCUT2D eigenvalue weighted by Gasteiger charge is -2.21. The van der Waals surface area contributed by atoms with Gasteiger partial charge < -0.3 is 33.8 Å². The molecule has 0 aliphatic carbocycles. The molecular weight excluding hydrogens is 1110 g/mol. The van der Waals surface area contributed by atoms with Gasteiger partial charge in [-0.1, -0.05) is 273 Å². The summed E-state index contributed by atoms with van der Waals surface area (Å²) in [6.07, 6.45) is 41.1. The van der Waals surface area contributed by atoms with Crippen LogP contribution in [0.15, 0.2) is 0 Å². The van der Waals surface area contributed by atoms with Gasteiger partial charge in [-0.3, -0.25) is 37.3 Å². The fraction of sp³-hybridized carbons (Fsp3) is 0.938. The van der Waals surface area contributed by atoms with E-state index in [9.17, 15) is 43.2 Å². The smallest absolute Gasteiger partial charge is 0.462 e. The van der Waals surface area contributed by atoms with Gasteiger partial charge in [0.1, 0.15) is 19.3 Å². The minimum atomic E-state index is -4.94. The van der Waals surface area contributed by atoms with Crippen molar-refractivity contribution in [2.24, 2.45) is 11.8 Å². The first kappa shape index (κ1) is 82.1. The Hall–Kier alpha value is -1.94. The Morgan fingerprint density at radius 2 is 0.548 bits per heavy atom. The molecule has 0 aliphatic rings. The molecule has 0 rings (SSSR count). The second-order valence-electron chi connectivity index (χ2n) is 24.5. The van der Waals surface area contributed by atoms with E-state index >= 15 is 0 Å². The Kier molecular flexibility index (Phi) is 56.2.